The maximum Gasteiger partial charge on any atom is 0.253 e. The molecule has 0 spiro atoms. The van der Waals surface area contributed by atoms with Crippen molar-refractivity contribution in [2.45, 2.75) is 21.4 Å². The van der Waals surface area contributed by atoms with Gasteiger partial charge in [0.15, 0.2) is 0 Å². The van der Waals surface area contributed by atoms with Crippen LogP contribution in [0.25, 0.3) is 0 Å². The second-order valence-corrected chi connectivity index (χ2v) is 9.47. The summed E-state index contributed by atoms with van der Waals surface area (Å²) < 4.78 is 48.3. The quantitative estimate of drug-likeness (QED) is 0.566. The molecule has 0 saturated heterocycles. The minimum atomic E-state index is -3.88. The van der Waals surface area contributed by atoms with Crippen LogP contribution < -0.4 is 22.9 Å². The summed E-state index contributed by atoms with van der Waals surface area (Å²) in [5, 5.41) is 7.05. The van der Waals surface area contributed by atoms with Gasteiger partial charge in [0, 0.05) is 12.6 Å². The van der Waals surface area contributed by atoms with E-state index in [1.165, 1.54) is 17.4 Å². The van der Waals surface area contributed by atoms with Crippen molar-refractivity contribution in [2.75, 3.05) is 20.1 Å². The minimum Gasteiger partial charge on any atom is -1.00 e. The molecule has 1 aliphatic heterocycles. The Hall–Kier alpha value is -0.230. The zero-order valence-electron chi connectivity index (χ0n) is 10.9. The predicted octanol–water partition coefficient (Wildman–Crippen LogP) is -4.34. The Labute approximate surface area is 128 Å². The maximum atomic E-state index is 12.2. The number of quaternary nitrogens is 1. The molecule has 1 aromatic rings. The van der Waals surface area contributed by atoms with Crippen LogP contribution in [-0.4, -0.2) is 41.3 Å². The molecule has 11 heteroatoms. The lowest BCUT2D eigenvalue weighted by Gasteiger charge is -2.27. The molecule has 7 nitrogen and oxygen atoms in total. The molecule has 2 heterocycles. The van der Waals surface area contributed by atoms with Gasteiger partial charge in [-0.25, -0.2) is 22.0 Å². The SMILES string of the molecule is CC[NH2+][C@H]1CN(C)S(=O)(=O)c2sc(S(N)(=O)=O)cc21.[Cl-]. The number of rotatable bonds is 3. The molecule has 0 unspecified atom stereocenters. The number of primary sulfonamides is 1. The summed E-state index contributed by atoms with van der Waals surface area (Å²) >= 11 is 0.720. The topological polar surface area (TPSA) is 114 Å². The molecule has 0 aliphatic carbocycles. The van der Waals surface area contributed by atoms with Gasteiger partial charge in [-0.15, -0.1) is 11.3 Å². The lowest BCUT2D eigenvalue weighted by Crippen LogP contribution is -3.00. The molecule has 20 heavy (non-hydrogen) atoms. The van der Waals surface area contributed by atoms with E-state index in [2.05, 4.69) is 0 Å². The third kappa shape index (κ3) is 3.01. The van der Waals surface area contributed by atoms with Gasteiger partial charge in [-0.2, -0.15) is 4.31 Å². The third-order valence-electron chi connectivity index (χ3n) is 3.00. The van der Waals surface area contributed by atoms with Gasteiger partial charge in [0.1, 0.15) is 14.5 Å². The van der Waals surface area contributed by atoms with E-state index in [0.29, 0.717) is 12.1 Å². The molecule has 0 radical (unpaired) electrons. The summed E-state index contributed by atoms with van der Waals surface area (Å²) in [4.78, 5) is 0. The molecule has 0 saturated carbocycles. The molecular formula is C9H16ClN3O4S3. The number of fused-ring (bicyclic) bond motifs is 1. The van der Waals surface area contributed by atoms with Gasteiger partial charge in [0.05, 0.1) is 13.1 Å². The number of hydrogen-bond acceptors (Lipinski definition) is 5. The van der Waals surface area contributed by atoms with Crippen molar-refractivity contribution in [1.82, 2.24) is 4.31 Å². The van der Waals surface area contributed by atoms with Crippen molar-refractivity contribution in [3.8, 4) is 0 Å². The van der Waals surface area contributed by atoms with Gasteiger partial charge in [0.25, 0.3) is 10.0 Å². The summed E-state index contributed by atoms with van der Waals surface area (Å²) in [6, 6.07) is 1.29. The first-order valence-corrected chi connectivity index (χ1v) is 9.44. The van der Waals surface area contributed by atoms with Gasteiger partial charge in [-0.3, -0.25) is 0 Å². The first-order valence-electron chi connectivity index (χ1n) is 5.64. The Morgan fingerprint density at radius 2 is 2.15 bits per heavy atom. The van der Waals surface area contributed by atoms with Crippen LogP contribution in [0.3, 0.4) is 0 Å². The molecular weight excluding hydrogens is 346 g/mol. The van der Waals surface area contributed by atoms with Crippen LogP contribution in [-0.2, 0) is 20.0 Å². The summed E-state index contributed by atoms with van der Waals surface area (Å²) in [5.74, 6) is 0. The largest absolute Gasteiger partial charge is 1.00 e. The van der Waals surface area contributed by atoms with Gasteiger partial charge in [-0.1, -0.05) is 0 Å². The van der Waals surface area contributed by atoms with Crippen molar-refractivity contribution in [2.24, 2.45) is 5.14 Å². The van der Waals surface area contributed by atoms with Crippen molar-refractivity contribution < 1.29 is 34.6 Å². The monoisotopic (exact) mass is 361 g/mol. The second kappa shape index (κ2) is 5.87. The lowest BCUT2D eigenvalue weighted by atomic mass is 10.1. The highest BCUT2D eigenvalue weighted by molar-refractivity contribution is 7.94. The summed E-state index contributed by atoms with van der Waals surface area (Å²) in [5.41, 5.74) is 0.536. The van der Waals surface area contributed by atoms with E-state index in [9.17, 15) is 16.8 Å². The van der Waals surface area contributed by atoms with Crippen LogP contribution >= 0.6 is 11.3 Å². The standard InChI is InChI=1S/C9H15N3O4S3.ClH/c1-3-11-7-5-12(2)19(15,16)9-6(7)4-8(17-9)18(10,13)14;/h4,7,11H,3,5H2,1-2H3,(H2,10,13,14);1H/t7-;/m0./s1. The molecule has 4 N–H and O–H groups in total. The highest BCUT2D eigenvalue weighted by Crippen LogP contribution is 2.37. The molecule has 0 bridgehead atoms. The van der Waals surface area contributed by atoms with E-state index in [-0.39, 0.29) is 26.9 Å². The smallest absolute Gasteiger partial charge is 0.253 e. The summed E-state index contributed by atoms with van der Waals surface area (Å²) in [6.07, 6.45) is 0. The second-order valence-electron chi connectivity index (χ2n) is 4.39. The summed E-state index contributed by atoms with van der Waals surface area (Å²) in [6.45, 7) is 3.05. The van der Waals surface area contributed by atoms with Gasteiger partial charge < -0.3 is 17.7 Å². The Kier molecular flexibility index (Phi) is 5.23. The molecule has 1 atom stereocenters. The third-order valence-corrected chi connectivity index (χ3v) is 7.92. The van der Waals surface area contributed by atoms with E-state index in [1.807, 2.05) is 12.2 Å². The number of likely N-dealkylation sites (N-methyl/N-ethyl adjacent to an activating group) is 2. The Morgan fingerprint density at radius 1 is 1.55 bits per heavy atom. The fourth-order valence-corrected chi connectivity index (χ4v) is 6.15. The number of nitrogens with zero attached hydrogens (tertiary/aromatic N) is 1. The lowest BCUT2D eigenvalue weighted by molar-refractivity contribution is -0.693. The number of halogens is 1. The maximum absolute atomic E-state index is 12.2. The normalized spacial score (nSPS) is 22.1. The van der Waals surface area contributed by atoms with E-state index in [4.69, 9.17) is 5.14 Å². The Balaban J connectivity index is 0.00000200. The number of sulfonamides is 2. The van der Waals surface area contributed by atoms with E-state index in [1.54, 1.807) is 0 Å². The van der Waals surface area contributed by atoms with Crippen LogP contribution in [0.2, 0.25) is 0 Å². The van der Waals surface area contributed by atoms with Crippen LogP contribution in [0.5, 0.6) is 0 Å². The molecule has 2 rings (SSSR count). The molecule has 0 amide bonds. The number of thiophene rings is 1. The number of hydrogen-bond donors (Lipinski definition) is 2. The average molecular weight is 362 g/mol. The van der Waals surface area contributed by atoms with Gasteiger partial charge in [-0.05, 0) is 13.0 Å². The Morgan fingerprint density at radius 3 is 2.65 bits per heavy atom. The number of nitrogens with two attached hydrogens (primary N) is 2. The molecule has 0 aromatic carbocycles. The zero-order chi connectivity index (χ0) is 14.4. The van der Waals surface area contributed by atoms with Crippen LogP contribution in [0.1, 0.15) is 18.5 Å². The van der Waals surface area contributed by atoms with E-state index in [0.717, 1.165) is 17.9 Å². The van der Waals surface area contributed by atoms with Gasteiger partial charge >= 0.3 is 0 Å². The predicted molar refractivity (Wildman–Crippen MR) is 70.7 cm³/mol. The highest BCUT2D eigenvalue weighted by Gasteiger charge is 2.39. The zero-order valence-corrected chi connectivity index (χ0v) is 14.1. The first-order chi connectivity index (χ1) is 8.67. The van der Waals surface area contributed by atoms with E-state index >= 15 is 0 Å². The Bertz CT molecular complexity index is 698. The van der Waals surface area contributed by atoms with Crippen molar-refractivity contribution in [3.63, 3.8) is 0 Å². The summed E-state index contributed by atoms with van der Waals surface area (Å²) in [7, 11) is -5.99. The van der Waals surface area contributed by atoms with E-state index < -0.39 is 20.0 Å². The fourth-order valence-electron chi connectivity index (χ4n) is 2.07. The van der Waals surface area contributed by atoms with Crippen molar-refractivity contribution in [1.29, 1.82) is 0 Å². The molecule has 116 valence electrons. The van der Waals surface area contributed by atoms with Crippen molar-refractivity contribution >= 4 is 31.4 Å². The molecule has 0 fully saturated rings. The molecule has 1 aromatic heterocycles. The minimum absolute atomic E-state index is 0. The van der Waals surface area contributed by atoms with Crippen LogP contribution in [0.4, 0.5) is 0 Å². The first kappa shape index (κ1) is 17.8. The van der Waals surface area contributed by atoms with Gasteiger partial charge in [0.2, 0.25) is 10.0 Å². The average Bonchev–Trinajstić information content (AvgIpc) is 2.72. The highest BCUT2D eigenvalue weighted by atomic mass is 35.5. The fraction of sp³-hybridized carbons (Fsp3) is 0.556. The van der Waals surface area contributed by atoms with Crippen LogP contribution in [0, 0.1) is 0 Å². The molecule has 1 aliphatic rings. The van der Waals surface area contributed by atoms with Crippen molar-refractivity contribution in [3.05, 3.63) is 11.6 Å². The van der Waals surface area contributed by atoms with Crippen LogP contribution in [0.15, 0.2) is 14.5 Å².